The summed E-state index contributed by atoms with van der Waals surface area (Å²) in [6.07, 6.45) is 3.75. The first-order valence-electron chi connectivity index (χ1n) is 13.5. The number of nitrogens with zero attached hydrogens (tertiary/aromatic N) is 4. The van der Waals surface area contributed by atoms with Crippen molar-refractivity contribution in [2.75, 3.05) is 6.61 Å². The number of thiazole rings is 1. The second-order valence-electron chi connectivity index (χ2n) is 9.93. The molecule has 210 valence electrons. The standard InChI is InChI=1S/C33H27ClN4O3S/c1-4-41-32(40)28-21(3)35-33-38(30(28)23-12-10-20(2)11-13-23)31(39)27(42-33)18-24-19-37(26-8-6-5-7-9-26)36-29(24)22-14-16-25(34)17-15-22/h5-19,30H,4H2,1-3H3/b27-18-. The Labute approximate surface area is 251 Å². The van der Waals surface area contributed by atoms with Crippen molar-refractivity contribution >= 4 is 35.0 Å². The summed E-state index contributed by atoms with van der Waals surface area (Å²) in [5, 5.41) is 5.50. The Morgan fingerprint density at radius 3 is 2.43 bits per heavy atom. The molecule has 0 saturated heterocycles. The number of aromatic nitrogens is 3. The molecule has 0 bridgehead atoms. The smallest absolute Gasteiger partial charge is 0.338 e. The van der Waals surface area contributed by atoms with Crippen LogP contribution in [0.1, 0.15) is 36.6 Å². The summed E-state index contributed by atoms with van der Waals surface area (Å²) in [7, 11) is 0. The van der Waals surface area contributed by atoms with E-state index in [1.165, 1.54) is 11.3 Å². The molecule has 0 amide bonds. The minimum absolute atomic E-state index is 0.222. The molecule has 0 aliphatic carbocycles. The normalized spacial score (nSPS) is 15.0. The molecule has 0 N–H and O–H groups in total. The first-order chi connectivity index (χ1) is 20.3. The first kappa shape index (κ1) is 27.6. The lowest BCUT2D eigenvalue weighted by Crippen LogP contribution is -2.39. The third-order valence-corrected chi connectivity index (χ3v) is 8.31. The van der Waals surface area contributed by atoms with Crippen LogP contribution in [0.5, 0.6) is 0 Å². The molecule has 1 unspecified atom stereocenters. The highest BCUT2D eigenvalue weighted by molar-refractivity contribution is 7.07. The molecule has 0 saturated carbocycles. The number of fused-ring (bicyclic) bond motifs is 1. The Morgan fingerprint density at radius 1 is 1.02 bits per heavy atom. The van der Waals surface area contributed by atoms with E-state index in [4.69, 9.17) is 26.4 Å². The lowest BCUT2D eigenvalue weighted by molar-refractivity contribution is -0.139. The fourth-order valence-electron chi connectivity index (χ4n) is 5.03. The average molecular weight is 595 g/mol. The van der Waals surface area contributed by atoms with E-state index in [0.717, 1.165) is 27.9 Å². The summed E-state index contributed by atoms with van der Waals surface area (Å²) in [6, 6.07) is 24.4. The summed E-state index contributed by atoms with van der Waals surface area (Å²) in [4.78, 5) is 32.5. The largest absolute Gasteiger partial charge is 0.463 e. The topological polar surface area (TPSA) is 78.5 Å². The number of para-hydroxylation sites is 1. The van der Waals surface area contributed by atoms with Crippen molar-refractivity contribution < 1.29 is 9.53 Å². The van der Waals surface area contributed by atoms with Crippen LogP contribution in [0.15, 0.2) is 106 Å². The Bertz CT molecular complexity index is 2000. The summed E-state index contributed by atoms with van der Waals surface area (Å²) in [6.45, 7) is 5.76. The molecule has 7 nitrogen and oxygen atoms in total. The van der Waals surface area contributed by atoms with E-state index in [2.05, 4.69) is 0 Å². The number of benzene rings is 3. The molecule has 5 aromatic rings. The van der Waals surface area contributed by atoms with E-state index in [-0.39, 0.29) is 12.2 Å². The van der Waals surface area contributed by atoms with Crippen molar-refractivity contribution in [3.8, 4) is 16.9 Å². The van der Waals surface area contributed by atoms with E-state index in [0.29, 0.717) is 31.3 Å². The second kappa shape index (κ2) is 11.4. The van der Waals surface area contributed by atoms with Crippen LogP contribution in [-0.4, -0.2) is 26.9 Å². The van der Waals surface area contributed by atoms with Gasteiger partial charge in [0.1, 0.15) is 5.69 Å². The highest BCUT2D eigenvalue weighted by Crippen LogP contribution is 2.31. The molecule has 6 rings (SSSR count). The van der Waals surface area contributed by atoms with Gasteiger partial charge in [0.15, 0.2) is 4.80 Å². The molecule has 0 spiro atoms. The van der Waals surface area contributed by atoms with Gasteiger partial charge in [-0.15, -0.1) is 0 Å². The third kappa shape index (κ3) is 5.15. The van der Waals surface area contributed by atoms with Gasteiger partial charge >= 0.3 is 5.97 Å². The summed E-state index contributed by atoms with van der Waals surface area (Å²) < 4.78 is 9.28. The number of carbonyl (C=O) groups excluding carboxylic acids is 1. The molecule has 1 atom stereocenters. The highest BCUT2D eigenvalue weighted by Gasteiger charge is 2.33. The lowest BCUT2D eigenvalue weighted by atomic mass is 9.95. The minimum atomic E-state index is -0.661. The van der Waals surface area contributed by atoms with Gasteiger partial charge in [-0.05, 0) is 56.7 Å². The zero-order valence-electron chi connectivity index (χ0n) is 23.2. The SMILES string of the molecule is CCOC(=O)C1=C(C)N=c2s/c(=C\c3cn(-c4ccccc4)nc3-c3ccc(Cl)cc3)c(=O)n2C1c1ccc(C)cc1. The molecular weight excluding hydrogens is 568 g/mol. The highest BCUT2D eigenvalue weighted by atomic mass is 35.5. The summed E-state index contributed by atoms with van der Waals surface area (Å²) >= 11 is 7.45. The Morgan fingerprint density at radius 2 is 1.74 bits per heavy atom. The maximum absolute atomic E-state index is 14.1. The van der Waals surface area contributed by atoms with Crippen LogP contribution >= 0.6 is 22.9 Å². The Balaban J connectivity index is 1.56. The van der Waals surface area contributed by atoms with Crippen LogP contribution in [-0.2, 0) is 9.53 Å². The quantitative estimate of drug-likeness (QED) is 0.239. The number of carbonyl (C=O) groups is 1. The number of hydrogen-bond donors (Lipinski definition) is 0. The van der Waals surface area contributed by atoms with Gasteiger partial charge in [0.25, 0.3) is 5.56 Å². The van der Waals surface area contributed by atoms with Gasteiger partial charge in [0.05, 0.1) is 34.1 Å². The number of esters is 1. The van der Waals surface area contributed by atoms with E-state index in [1.54, 1.807) is 23.1 Å². The van der Waals surface area contributed by atoms with E-state index in [1.807, 2.05) is 98.1 Å². The van der Waals surface area contributed by atoms with Gasteiger partial charge in [0, 0.05) is 22.3 Å². The van der Waals surface area contributed by atoms with Crippen LogP contribution < -0.4 is 14.9 Å². The van der Waals surface area contributed by atoms with Crippen LogP contribution in [0.25, 0.3) is 23.0 Å². The summed E-state index contributed by atoms with van der Waals surface area (Å²) in [5.41, 5.74) is 5.77. The van der Waals surface area contributed by atoms with E-state index in [9.17, 15) is 9.59 Å². The zero-order valence-corrected chi connectivity index (χ0v) is 24.8. The number of allylic oxidation sites excluding steroid dienone is 1. The van der Waals surface area contributed by atoms with Crippen molar-refractivity contribution in [2.45, 2.75) is 26.8 Å². The molecular formula is C33H27ClN4O3S. The molecule has 3 aromatic carbocycles. The number of halogens is 1. The van der Waals surface area contributed by atoms with Crippen LogP contribution in [0.4, 0.5) is 0 Å². The van der Waals surface area contributed by atoms with Gasteiger partial charge in [-0.3, -0.25) is 9.36 Å². The maximum atomic E-state index is 14.1. The van der Waals surface area contributed by atoms with Gasteiger partial charge in [-0.2, -0.15) is 5.10 Å². The first-order valence-corrected chi connectivity index (χ1v) is 14.7. The van der Waals surface area contributed by atoms with Gasteiger partial charge in [-0.1, -0.05) is 83.1 Å². The average Bonchev–Trinajstić information content (AvgIpc) is 3.54. The fourth-order valence-corrected chi connectivity index (χ4v) is 6.20. The molecule has 0 fully saturated rings. The molecule has 42 heavy (non-hydrogen) atoms. The number of rotatable bonds is 6. The Hall–Kier alpha value is -4.53. The molecule has 9 heteroatoms. The molecule has 1 aliphatic rings. The number of ether oxygens (including phenoxy) is 1. The lowest BCUT2D eigenvalue weighted by Gasteiger charge is -2.24. The van der Waals surface area contributed by atoms with Gasteiger partial charge < -0.3 is 4.74 Å². The minimum Gasteiger partial charge on any atom is -0.463 e. The molecule has 3 heterocycles. The number of hydrogen-bond acceptors (Lipinski definition) is 6. The third-order valence-electron chi connectivity index (χ3n) is 7.08. The fraction of sp³-hybridized carbons (Fsp3) is 0.152. The van der Waals surface area contributed by atoms with Crippen LogP contribution in [0, 0.1) is 6.92 Å². The number of aryl methyl sites for hydroxylation is 1. The molecule has 1 aliphatic heterocycles. The van der Waals surface area contributed by atoms with Crippen LogP contribution in [0.2, 0.25) is 5.02 Å². The van der Waals surface area contributed by atoms with Crippen LogP contribution in [0.3, 0.4) is 0 Å². The maximum Gasteiger partial charge on any atom is 0.338 e. The predicted molar refractivity (Wildman–Crippen MR) is 166 cm³/mol. The van der Waals surface area contributed by atoms with Crippen molar-refractivity contribution in [1.82, 2.24) is 14.3 Å². The van der Waals surface area contributed by atoms with Crippen molar-refractivity contribution in [1.29, 1.82) is 0 Å². The van der Waals surface area contributed by atoms with Crippen molar-refractivity contribution in [3.63, 3.8) is 0 Å². The summed E-state index contributed by atoms with van der Waals surface area (Å²) in [5.74, 6) is -0.479. The van der Waals surface area contributed by atoms with Gasteiger partial charge in [0.2, 0.25) is 0 Å². The van der Waals surface area contributed by atoms with E-state index < -0.39 is 12.0 Å². The molecule has 0 radical (unpaired) electrons. The zero-order chi connectivity index (χ0) is 29.4. The van der Waals surface area contributed by atoms with Crippen molar-refractivity contribution in [2.24, 2.45) is 4.99 Å². The van der Waals surface area contributed by atoms with E-state index >= 15 is 0 Å². The molecule has 2 aromatic heterocycles. The predicted octanol–water partition coefficient (Wildman–Crippen LogP) is 5.61. The monoisotopic (exact) mass is 594 g/mol. The Kier molecular flexibility index (Phi) is 7.49. The van der Waals surface area contributed by atoms with Gasteiger partial charge in [-0.25, -0.2) is 14.5 Å². The van der Waals surface area contributed by atoms with Crippen molar-refractivity contribution in [3.05, 3.63) is 138 Å². The second-order valence-corrected chi connectivity index (χ2v) is 11.4.